The molecule has 1 aromatic rings. The lowest BCUT2D eigenvalue weighted by Gasteiger charge is -2.04. The fourth-order valence-electron chi connectivity index (χ4n) is 1.40. The average Bonchev–Trinajstić information content (AvgIpc) is 2.58. The van der Waals surface area contributed by atoms with E-state index in [4.69, 9.17) is 10.2 Å². The highest BCUT2D eigenvalue weighted by atomic mass is 16.3. The molecule has 1 rings (SSSR count). The molecule has 0 radical (unpaired) electrons. The zero-order valence-electron chi connectivity index (χ0n) is 8.48. The minimum atomic E-state index is -0.0611. The summed E-state index contributed by atoms with van der Waals surface area (Å²) in [6.45, 7) is 2.83. The molecule has 0 bridgehead atoms. The van der Waals surface area contributed by atoms with E-state index in [-0.39, 0.29) is 13.2 Å². The summed E-state index contributed by atoms with van der Waals surface area (Å²) in [6.07, 6.45) is 2.54. The Morgan fingerprint density at radius 2 is 2.14 bits per heavy atom. The molecule has 5 nitrogen and oxygen atoms in total. The Labute approximate surface area is 83.4 Å². The molecule has 0 spiro atoms. The number of aliphatic hydroxyl groups excluding tert-OH is 2. The number of hydrogen-bond donors (Lipinski definition) is 2. The van der Waals surface area contributed by atoms with E-state index in [0.717, 1.165) is 18.5 Å². The number of aryl methyl sites for hydroxylation is 1. The minimum absolute atomic E-state index is 0.0611. The molecule has 1 heterocycles. The van der Waals surface area contributed by atoms with Crippen LogP contribution in [0.1, 0.15) is 31.2 Å². The van der Waals surface area contributed by atoms with Gasteiger partial charge in [0.25, 0.3) is 0 Å². The normalized spacial score (nSPS) is 10.8. The molecular formula is C9H17N3O2. The van der Waals surface area contributed by atoms with E-state index in [2.05, 4.69) is 17.2 Å². The van der Waals surface area contributed by atoms with Gasteiger partial charge in [0.15, 0.2) is 0 Å². The van der Waals surface area contributed by atoms with Gasteiger partial charge in [-0.3, -0.25) is 0 Å². The Morgan fingerprint density at radius 3 is 2.71 bits per heavy atom. The van der Waals surface area contributed by atoms with Crippen molar-refractivity contribution in [3.63, 3.8) is 0 Å². The number of hydrogen-bond acceptors (Lipinski definition) is 4. The van der Waals surface area contributed by atoms with Crippen molar-refractivity contribution in [2.24, 2.45) is 0 Å². The molecule has 0 aromatic carbocycles. The highest BCUT2D eigenvalue weighted by molar-refractivity contribution is 5.09. The largest absolute Gasteiger partial charge is 0.396 e. The Balaban J connectivity index is 2.75. The maximum atomic E-state index is 9.02. The average molecular weight is 199 g/mol. The van der Waals surface area contributed by atoms with E-state index >= 15 is 0 Å². The summed E-state index contributed by atoms with van der Waals surface area (Å²) < 4.78 is 1.77. The molecular weight excluding hydrogens is 182 g/mol. The second kappa shape index (κ2) is 5.72. The molecule has 0 saturated heterocycles. The topological polar surface area (TPSA) is 71.2 Å². The first kappa shape index (κ1) is 11.1. The first-order valence-electron chi connectivity index (χ1n) is 4.96. The predicted octanol–water partition coefficient (Wildman–Crippen LogP) is 0.105. The number of aromatic nitrogens is 3. The zero-order valence-corrected chi connectivity index (χ0v) is 8.48. The summed E-state index contributed by atoms with van der Waals surface area (Å²) in [5, 5.41) is 25.5. The Hall–Kier alpha value is -0.940. The Bertz CT molecular complexity index is 273. The van der Waals surface area contributed by atoms with Crippen molar-refractivity contribution in [3.05, 3.63) is 11.4 Å². The molecule has 14 heavy (non-hydrogen) atoms. The summed E-state index contributed by atoms with van der Waals surface area (Å²) in [5.74, 6) is 0. The summed E-state index contributed by atoms with van der Waals surface area (Å²) in [6, 6.07) is 0. The van der Waals surface area contributed by atoms with Gasteiger partial charge in [-0.25, -0.2) is 4.68 Å². The third kappa shape index (κ3) is 2.52. The van der Waals surface area contributed by atoms with Crippen LogP contribution in [0.4, 0.5) is 0 Å². The molecule has 0 aliphatic carbocycles. The summed E-state index contributed by atoms with van der Waals surface area (Å²) in [7, 11) is 0. The zero-order chi connectivity index (χ0) is 10.4. The van der Waals surface area contributed by atoms with Gasteiger partial charge in [0.1, 0.15) is 5.69 Å². The highest BCUT2D eigenvalue weighted by Gasteiger charge is 2.10. The maximum absolute atomic E-state index is 9.02. The smallest absolute Gasteiger partial charge is 0.111 e. The van der Waals surface area contributed by atoms with E-state index < -0.39 is 0 Å². The van der Waals surface area contributed by atoms with Crippen LogP contribution in [-0.4, -0.2) is 31.8 Å². The van der Waals surface area contributed by atoms with Crippen molar-refractivity contribution < 1.29 is 10.2 Å². The lowest BCUT2D eigenvalue weighted by Crippen LogP contribution is -2.07. The van der Waals surface area contributed by atoms with Crippen molar-refractivity contribution in [1.29, 1.82) is 0 Å². The van der Waals surface area contributed by atoms with Crippen LogP contribution in [0.5, 0.6) is 0 Å². The van der Waals surface area contributed by atoms with E-state index in [1.165, 1.54) is 0 Å². The van der Waals surface area contributed by atoms with Crippen LogP contribution < -0.4 is 0 Å². The van der Waals surface area contributed by atoms with Crippen molar-refractivity contribution in [2.75, 3.05) is 6.61 Å². The van der Waals surface area contributed by atoms with Gasteiger partial charge in [0.2, 0.25) is 0 Å². The van der Waals surface area contributed by atoms with Gasteiger partial charge < -0.3 is 10.2 Å². The minimum Gasteiger partial charge on any atom is -0.396 e. The quantitative estimate of drug-likeness (QED) is 0.682. The Morgan fingerprint density at radius 1 is 1.36 bits per heavy atom. The number of rotatable bonds is 6. The monoisotopic (exact) mass is 199 g/mol. The van der Waals surface area contributed by atoms with E-state index in [9.17, 15) is 0 Å². The van der Waals surface area contributed by atoms with Crippen LogP contribution in [0.3, 0.4) is 0 Å². The van der Waals surface area contributed by atoms with Crippen LogP contribution in [0.25, 0.3) is 0 Å². The molecule has 0 aliphatic rings. The van der Waals surface area contributed by atoms with E-state index in [1.807, 2.05) is 0 Å². The first-order chi connectivity index (χ1) is 6.83. The van der Waals surface area contributed by atoms with Gasteiger partial charge in [-0.15, -0.1) is 5.10 Å². The van der Waals surface area contributed by atoms with Gasteiger partial charge in [0, 0.05) is 13.2 Å². The summed E-state index contributed by atoms with van der Waals surface area (Å²) >= 11 is 0. The molecule has 80 valence electrons. The molecule has 5 heteroatoms. The van der Waals surface area contributed by atoms with Crippen LogP contribution in [-0.2, 0) is 19.6 Å². The van der Waals surface area contributed by atoms with Gasteiger partial charge in [-0.05, 0) is 12.8 Å². The molecule has 0 saturated carbocycles. The van der Waals surface area contributed by atoms with Crippen LogP contribution in [0.2, 0.25) is 0 Å². The van der Waals surface area contributed by atoms with Crippen LogP contribution in [0.15, 0.2) is 0 Å². The lowest BCUT2D eigenvalue weighted by molar-refractivity contribution is 0.273. The molecule has 0 amide bonds. The lowest BCUT2D eigenvalue weighted by atomic mass is 10.2. The summed E-state index contributed by atoms with van der Waals surface area (Å²) in [4.78, 5) is 0. The van der Waals surface area contributed by atoms with Crippen LogP contribution in [0, 0.1) is 0 Å². The third-order valence-corrected chi connectivity index (χ3v) is 2.08. The van der Waals surface area contributed by atoms with Crippen molar-refractivity contribution >= 4 is 0 Å². The van der Waals surface area contributed by atoms with E-state index in [0.29, 0.717) is 18.7 Å². The number of aliphatic hydroxyl groups is 2. The third-order valence-electron chi connectivity index (χ3n) is 2.08. The standard InChI is InChI=1S/C9H17N3O2/c1-2-4-9-8(7-14)10-11-12(9)5-3-6-13/h13-14H,2-7H2,1H3. The molecule has 0 unspecified atom stereocenters. The fraction of sp³-hybridized carbons (Fsp3) is 0.778. The molecule has 2 N–H and O–H groups in total. The number of nitrogens with zero attached hydrogens (tertiary/aromatic N) is 3. The Kier molecular flexibility index (Phi) is 4.55. The SMILES string of the molecule is CCCc1c(CO)nnn1CCCO. The van der Waals surface area contributed by atoms with Crippen molar-refractivity contribution in [2.45, 2.75) is 39.3 Å². The molecule has 0 atom stereocenters. The maximum Gasteiger partial charge on any atom is 0.111 e. The second-order valence-electron chi connectivity index (χ2n) is 3.19. The molecule has 0 aliphatic heterocycles. The van der Waals surface area contributed by atoms with Crippen molar-refractivity contribution in [1.82, 2.24) is 15.0 Å². The first-order valence-corrected chi connectivity index (χ1v) is 4.96. The van der Waals surface area contributed by atoms with Gasteiger partial charge in [-0.2, -0.15) is 0 Å². The van der Waals surface area contributed by atoms with Crippen molar-refractivity contribution in [3.8, 4) is 0 Å². The highest BCUT2D eigenvalue weighted by Crippen LogP contribution is 2.08. The summed E-state index contributed by atoms with van der Waals surface area (Å²) in [5.41, 5.74) is 1.65. The predicted molar refractivity (Wildman–Crippen MR) is 51.6 cm³/mol. The molecule has 1 aromatic heterocycles. The van der Waals surface area contributed by atoms with Gasteiger partial charge in [0.05, 0.1) is 12.3 Å². The van der Waals surface area contributed by atoms with E-state index in [1.54, 1.807) is 4.68 Å². The van der Waals surface area contributed by atoms with Crippen LogP contribution >= 0.6 is 0 Å². The fourth-order valence-corrected chi connectivity index (χ4v) is 1.40. The second-order valence-corrected chi connectivity index (χ2v) is 3.19. The molecule has 0 fully saturated rings. The van der Waals surface area contributed by atoms with Gasteiger partial charge >= 0.3 is 0 Å². The van der Waals surface area contributed by atoms with Gasteiger partial charge in [-0.1, -0.05) is 18.6 Å².